The van der Waals surface area contributed by atoms with E-state index in [1.807, 2.05) is 14.1 Å². The van der Waals surface area contributed by atoms with Crippen molar-refractivity contribution in [1.82, 2.24) is 0 Å². The van der Waals surface area contributed by atoms with E-state index in [0.717, 1.165) is 6.42 Å². The minimum atomic E-state index is 0.223. The summed E-state index contributed by atoms with van der Waals surface area (Å²) in [5.41, 5.74) is 3.70. The maximum atomic E-state index is 8.78. The molecule has 0 unspecified atom stereocenters. The molecule has 2 nitrogen and oxygen atoms in total. The lowest BCUT2D eigenvalue weighted by Gasteiger charge is -2.16. The van der Waals surface area contributed by atoms with E-state index >= 15 is 0 Å². The predicted octanol–water partition coefficient (Wildman–Crippen LogP) is 1.60. The highest BCUT2D eigenvalue weighted by atomic mass is 16.2. The molecule has 0 amide bonds. The van der Waals surface area contributed by atoms with Gasteiger partial charge in [-0.25, -0.2) is 0 Å². The second-order valence-electron chi connectivity index (χ2n) is 3.49. The van der Waals surface area contributed by atoms with Gasteiger partial charge in [0, 0.05) is 26.4 Å². The van der Waals surface area contributed by atoms with E-state index < -0.39 is 0 Å². The van der Waals surface area contributed by atoms with Crippen molar-refractivity contribution in [3.63, 3.8) is 0 Å². The van der Waals surface area contributed by atoms with Gasteiger partial charge in [0.25, 0.3) is 0 Å². The Bertz CT molecular complexity index is 281. The van der Waals surface area contributed by atoms with Gasteiger partial charge in [0.1, 0.15) is 0 Å². The van der Waals surface area contributed by atoms with Gasteiger partial charge >= 0.3 is 0 Å². The molecule has 0 aliphatic rings. The van der Waals surface area contributed by atoms with Crippen molar-refractivity contribution >= 4 is 5.69 Å². The van der Waals surface area contributed by atoms with E-state index in [9.17, 15) is 0 Å². The summed E-state index contributed by atoms with van der Waals surface area (Å²) in [6, 6.07) is 6.30. The zero-order valence-corrected chi connectivity index (χ0v) is 8.54. The Morgan fingerprint density at radius 2 is 2.00 bits per heavy atom. The zero-order chi connectivity index (χ0) is 9.84. The molecule has 0 aromatic heterocycles. The van der Waals surface area contributed by atoms with Crippen LogP contribution in [0.1, 0.15) is 11.1 Å². The average Bonchev–Trinajstić information content (AvgIpc) is 2.04. The summed E-state index contributed by atoms with van der Waals surface area (Å²) >= 11 is 0. The number of hydrogen-bond donors (Lipinski definition) is 1. The van der Waals surface area contributed by atoms with Crippen molar-refractivity contribution in [2.75, 3.05) is 25.6 Å². The molecule has 0 fully saturated rings. The lowest BCUT2D eigenvalue weighted by Crippen LogP contribution is -2.10. The Kier molecular flexibility index (Phi) is 3.32. The molecule has 0 saturated carbocycles. The van der Waals surface area contributed by atoms with Crippen LogP contribution in [0.25, 0.3) is 0 Å². The topological polar surface area (TPSA) is 23.5 Å². The van der Waals surface area contributed by atoms with E-state index in [2.05, 4.69) is 30.0 Å². The van der Waals surface area contributed by atoms with Gasteiger partial charge in [-0.3, -0.25) is 0 Å². The third-order valence-electron chi connectivity index (χ3n) is 2.14. The standard InChI is InChI=1S/C11H17NO/c1-9-8-10(6-7-13)4-5-11(9)12(2)3/h4-5,8,13H,6-7H2,1-3H3. The highest BCUT2D eigenvalue weighted by Gasteiger charge is 2.00. The highest BCUT2D eigenvalue weighted by Crippen LogP contribution is 2.18. The summed E-state index contributed by atoms with van der Waals surface area (Å²) in [4.78, 5) is 2.10. The quantitative estimate of drug-likeness (QED) is 0.761. The average molecular weight is 179 g/mol. The summed E-state index contributed by atoms with van der Waals surface area (Å²) < 4.78 is 0. The lowest BCUT2D eigenvalue weighted by atomic mass is 10.1. The maximum absolute atomic E-state index is 8.78. The first-order valence-corrected chi connectivity index (χ1v) is 4.53. The summed E-state index contributed by atoms with van der Waals surface area (Å²) in [7, 11) is 4.07. The Morgan fingerprint density at radius 1 is 1.31 bits per heavy atom. The highest BCUT2D eigenvalue weighted by molar-refractivity contribution is 5.53. The van der Waals surface area contributed by atoms with Gasteiger partial charge in [-0.05, 0) is 30.5 Å². The summed E-state index contributed by atoms with van der Waals surface area (Å²) in [6.45, 7) is 2.32. The summed E-state index contributed by atoms with van der Waals surface area (Å²) in [5, 5.41) is 8.78. The van der Waals surface area contributed by atoms with Crippen molar-refractivity contribution in [2.24, 2.45) is 0 Å². The number of hydrogen-bond acceptors (Lipinski definition) is 2. The van der Waals surface area contributed by atoms with Crippen molar-refractivity contribution in [3.05, 3.63) is 29.3 Å². The number of aliphatic hydroxyl groups excluding tert-OH is 1. The first kappa shape index (κ1) is 10.1. The van der Waals surface area contributed by atoms with Crippen LogP contribution < -0.4 is 4.90 Å². The van der Waals surface area contributed by atoms with Crippen LogP contribution in [-0.4, -0.2) is 25.8 Å². The Labute approximate surface area is 79.8 Å². The molecule has 13 heavy (non-hydrogen) atoms. The van der Waals surface area contributed by atoms with Crippen molar-refractivity contribution in [2.45, 2.75) is 13.3 Å². The summed E-state index contributed by atoms with van der Waals surface area (Å²) in [5.74, 6) is 0. The largest absolute Gasteiger partial charge is 0.396 e. The molecule has 0 aliphatic carbocycles. The van der Waals surface area contributed by atoms with Gasteiger partial charge in [0.2, 0.25) is 0 Å². The number of anilines is 1. The molecular weight excluding hydrogens is 162 g/mol. The van der Waals surface area contributed by atoms with E-state index in [-0.39, 0.29) is 6.61 Å². The molecule has 1 aromatic carbocycles. The molecule has 0 heterocycles. The fraction of sp³-hybridized carbons (Fsp3) is 0.455. The fourth-order valence-corrected chi connectivity index (χ4v) is 1.50. The molecule has 72 valence electrons. The SMILES string of the molecule is Cc1cc(CCO)ccc1N(C)C. The molecule has 1 N–H and O–H groups in total. The van der Waals surface area contributed by atoms with Crippen LogP contribution >= 0.6 is 0 Å². The van der Waals surface area contributed by atoms with Crippen molar-refractivity contribution in [3.8, 4) is 0 Å². The molecule has 1 aromatic rings. The van der Waals surface area contributed by atoms with E-state index in [1.54, 1.807) is 0 Å². The molecule has 0 radical (unpaired) electrons. The van der Waals surface area contributed by atoms with Crippen LogP contribution in [0.2, 0.25) is 0 Å². The number of nitrogens with zero attached hydrogens (tertiary/aromatic N) is 1. The van der Waals surface area contributed by atoms with Crippen LogP contribution in [0, 0.1) is 6.92 Å². The minimum Gasteiger partial charge on any atom is -0.396 e. The Hall–Kier alpha value is -1.02. The second kappa shape index (κ2) is 4.28. The van der Waals surface area contributed by atoms with Crippen LogP contribution in [0.4, 0.5) is 5.69 Å². The first-order valence-electron chi connectivity index (χ1n) is 4.53. The molecule has 0 saturated heterocycles. The number of benzene rings is 1. The van der Waals surface area contributed by atoms with Crippen LogP contribution in [0.3, 0.4) is 0 Å². The number of rotatable bonds is 3. The lowest BCUT2D eigenvalue weighted by molar-refractivity contribution is 0.299. The van der Waals surface area contributed by atoms with Gasteiger partial charge < -0.3 is 10.0 Å². The number of aryl methyl sites for hydroxylation is 1. The normalized spacial score (nSPS) is 10.2. The van der Waals surface area contributed by atoms with Crippen LogP contribution in [0.5, 0.6) is 0 Å². The molecule has 0 aliphatic heterocycles. The van der Waals surface area contributed by atoms with Gasteiger partial charge in [-0.2, -0.15) is 0 Å². The smallest absolute Gasteiger partial charge is 0.0471 e. The number of aliphatic hydroxyl groups is 1. The molecule has 0 spiro atoms. The molecule has 1 rings (SSSR count). The van der Waals surface area contributed by atoms with Crippen molar-refractivity contribution < 1.29 is 5.11 Å². The Balaban J connectivity index is 2.92. The predicted molar refractivity (Wildman–Crippen MR) is 56.3 cm³/mol. The minimum absolute atomic E-state index is 0.223. The Morgan fingerprint density at radius 3 is 2.46 bits per heavy atom. The van der Waals surface area contributed by atoms with Gasteiger partial charge in [-0.15, -0.1) is 0 Å². The van der Waals surface area contributed by atoms with Crippen molar-refractivity contribution in [1.29, 1.82) is 0 Å². The maximum Gasteiger partial charge on any atom is 0.0471 e. The molecular formula is C11H17NO. The molecule has 0 bridgehead atoms. The van der Waals surface area contributed by atoms with Gasteiger partial charge in [0.05, 0.1) is 0 Å². The van der Waals surface area contributed by atoms with Crippen LogP contribution in [0.15, 0.2) is 18.2 Å². The first-order chi connectivity index (χ1) is 6.15. The summed E-state index contributed by atoms with van der Waals surface area (Å²) in [6.07, 6.45) is 0.745. The van der Waals surface area contributed by atoms with Gasteiger partial charge in [-0.1, -0.05) is 12.1 Å². The van der Waals surface area contributed by atoms with E-state index in [1.165, 1.54) is 16.8 Å². The van der Waals surface area contributed by atoms with Gasteiger partial charge in [0.15, 0.2) is 0 Å². The third kappa shape index (κ3) is 2.46. The second-order valence-corrected chi connectivity index (χ2v) is 3.49. The molecule has 2 heteroatoms. The van der Waals surface area contributed by atoms with E-state index in [0.29, 0.717) is 0 Å². The zero-order valence-electron chi connectivity index (χ0n) is 8.54. The fourth-order valence-electron chi connectivity index (χ4n) is 1.50. The third-order valence-corrected chi connectivity index (χ3v) is 2.14. The molecule has 0 atom stereocenters. The monoisotopic (exact) mass is 179 g/mol. The van der Waals surface area contributed by atoms with E-state index in [4.69, 9.17) is 5.11 Å². The van der Waals surface area contributed by atoms with Crippen LogP contribution in [-0.2, 0) is 6.42 Å².